The Labute approximate surface area is 671 Å². The number of nitrogens with two attached hydrogens (primary N) is 1. The van der Waals surface area contributed by atoms with Crippen molar-refractivity contribution in [1.82, 2.24) is 47.9 Å². The molecule has 115 heavy (non-hydrogen) atoms. The molecule has 0 radical (unpaired) electrons. The predicted molar refractivity (Wildman–Crippen MR) is 410 cm³/mol. The molecule has 7 amide bonds. The number of aromatic hydroxyl groups is 3. The van der Waals surface area contributed by atoms with Gasteiger partial charge >= 0.3 is 5.97 Å². The summed E-state index contributed by atoms with van der Waals surface area (Å²) in [5.74, 6) is -16.1. The molecule has 37 heteroatoms. The molecule has 626 valence electrons. The first-order valence-corrected chi connectivity index (χ1v) is 38.7. The Bertz CT molecular complexity index is 4390. The van der Waals surface area contributed by atoms with Gasteiger partial charge in [-0.15, -0.1) is 0 Å². The van der Waals surface area contributed by atoms with E-state index in [0.29, 0.717) is 6.54 Å². The lowest BCUT2D eigenvalue weighted by Crippen LogP contribution is -2.65. The average molecular weight is 1650 g/mol. The Morgan fingerprint density at radius 2 is 1.31 bits per heavy atom. The number of phenols is 3. The fourth-order valence-corrected chi connectivity index (χ4v) is 15.1. The number of unbranched alkanes of at least 4 members (excludes halogenated alkanes) is 6. The van der Waals surface area contributed by atoms with Gasteiger partial charge in [0, 0.05) is 41.7 Å². The Hall–Kier alpha value is -9.28. The number of hydrogen-bond acceptors (Lipinski definition) is 27. The Morgan fingerprint density at radius 1 is 0.696 bits per heavy atom. The van der Waals surface area contributed by atoms with E-state index in [1.165, 1.54) is 19.2 Å². The summed E-state index contributed by atoms with van der Waals surface area (Å²) in [5, 5.41) is 151. The number of aliphatic hydroxyl groups excluding tert-OH is 7. The molecular weight excluding hydrogens is 1550 g/mol. The van der Waals surface area contributed by atoms with Crippen LogP contribution in [-0.2, 0) is 59.1 Å². The fourth-order valence-electron chi connectivity index (χ4n) is 14.6. The molecule has 11 bridgehead atoms. The van der Waals surface area contributed by atoms with Crippen molar-refractivity contribution in [3.8, 4) is 57.1 Å². The maximum absolute atomic E-state index is 16.3. The van der Waals surface area contributed by atoms with Gasteiger partial charge in [-0.25, -0.2) is 4.79 Å². The van der Waals surface area contributed by atoms with E-state index >= 15 is 19.2 Å². The minimum atomic E-state index is -2.37. The van der Waals surface area contributed by atoms with Gasteiger partial charge in [-0.3, -0.25) is 33.6 Å². The monoisotopic (exact) mass is 1650 g/mol. The van der Waals surface area contributed by atoms with Crippen molar-refractivity contribution >= 4 is 70.5 Å². The van der Waals surface area contributed by atoms with Crippen molar-refractivity contribution in [2.24, 2.45) is 11.7 Å². The summed E-state index contributed by atoms with van der Waals surface area (Å²) in [6.07, 6.45) is -11.1. The van der Waals surface area contributed by atoms with Crippen LogP contribution in [0.2, 0.25) is 10.0 Å². The zero-order valence-corrected chi connectivity index (χ0v) is 65.4. The number of likely N-dealkylation sites (N-methyl/N-ethyl adjacent to an activating group) is 1. The van der Waals surface area contributed by atoms with Crippen LogP contribution in [0, 0.1) is 5.92 Å². The van der Waals surface area contributed by atoms with Gasteiger partial charge in [0.2, 0.25) is 53.4 Å². The molecule has 35 nitrogen and oxygen atoms in total. The summed E-state index contributed by atoms with van der Waals surface area (Å²) in [5.41, 5.74) is 1.38. The number of nitrogens with one attached hydrogen (secondary N) is 9. The van der Waals surface area contributed by atoms with E-state index in [-0.39, 0.29) is 58.3 Å². The Morgan fingerprint density at radius 3 is 1.92 bits per heavy atom. The number of carbonyl (C=O) groups excluding carboxylic acids is 7. The first kappa shape index (κ1) is 88.1. The number of carbonyl (C=O) groups is 8. The summed E-state index contributed by atoms with van der Waals surface area (Å²) in [6.45, 7) is 7.73. The van der Waals surface area contributed by atoms with Crippen molar-refractivity contribution in [3.63, 3.8) is 0 Å². The van der Waals surface area contributed by atoms with Crippen LogP contribution in [-0.4, -0.2) is 216 Å². The molecular formula is C78H100Cl2N10O25. The molecule has 0 saturated carbocycles. The van der Waals surface area contributed by atoms with E-state index in [1.807, 2.05) is 13.8 Å². The fraction of sp³-hybridized carbons (Fsp3) is 0.513. The number of primary amides is 1. The van der Waals surface area contributed by atoms with Crippen molar-refractivity contribution in [1.29, 1.82) is 0 Å². The number of carboxylic acid groups (broad SMARTS) is 1. The largest absolute Gasteiger partial charge is 0.507 e. The minimum Gasteiger partial charge on any atom is -0.507 e. The minimum absolute atomic E-state index is 0.0890. The van der Waals surface area contributed by atoms with Gasteiger partial charge in [-0.2, -0.15) is 0 Å². The van der Waals surface area contributed by atoms with Crippen LogP contribution in [0.5, 0.6) is 46.0 Å². The number of rotatable bonds is 26. The first-order valence-electron chi connectivity index (χ1n) is 37.9. The molecule has 7 heterocycles. The summed E-state index contributed by atoms with van der Waals surface area (Å²) in [7, 11) is 1.48. The van der Waals surface area contributed by atoms with Crippen LogP contribution in [0.4, 0.5) is 0 Å². The molecule has 0 unspecified atom stereocenters. The molecule has 2 fully saturated rings. The number of benzene rings is 5. The quantitative estimate of drug-likeness (QED) is 0.0354. The zero-order valence-electron chi connectivity index (χ0n) is 63.9. The topological polar surface area (TPSA) is 549 Å². The Kier molecular flexibility index (Phi) is 29.6. The average Bonchev–Trinajstić information content (AvgIpc) is 0.758. The van der Waals surface area contributed by atoms with Crippen molar-refractivity contribution < 1.29 is 123 Å². The maximum Gasteiger partial charge on any atom is 0.330 e. The number of fused-ring (bicyclic) bond motifs is 15. The van der Waals surface area contributed by atoms with E-state index in [2.05, 4.69) is 54.8 Å². The summed E-state index contributed by atoms with van der Waals surface area (Å²) >= 11 is 14.3. The van der Waals surface area contributed by atoms with E-state index in [0.717, 1.165) is 106 Å². The van der Waals surface area contributed by atoms with Crippen LogP contribution >= 0.6 is 23.2 Å². The first-order chi connectivity index (χ1) is 54.7. The van der Waals surface area contributed by atoms with E-state index < -0.39 is 250 Å². The number of aliphatic carboxylic acids is 1. The molecule has 5 aromatic carbocycles. The van der Waals surface area contributed by atoms with Crippen LogP contribution < -0.4 is 67.8 Å². The van der Waals surface area contributed by atoms with Gasteiger partial charge in [0.15, 0.2) is 29.9 Å². The molecule has 12 rings (SSSR count). The zero-order chi connectivity index (χ0) is 83.6. The normalized spacial score (nSPS) is 27.3. The highest BCUT2D eigenvalue weighted by Crippen LogP contribution is 2.51. The second-order valence-corrected chi connectivity index (χ2v) is 30.6. The molecule has 0 aliphatic carbocycles. The lowest BCUT2D eigenvalue weighted by molar-refractivity contribution is -0.334. The number of hydrogen-bond donors (Lipinski definition) is 21. The van der Waals surface area contributed by atoms with Gasteiger partial charge in [0.05, 0.1) is 53.5 Å². The maximum atomic E-state index is 16.3. The van der Waals surface area contributed by atoms with E-state index in [9.17, 15) is 75.3 Å². The number of amides is 7. The lowest BCUT2D eigenvalue weighted by Gasteiger charge is -2.48. The number of ether oxygens (including phenoxy) is 6. The van der Waals surface area contributed by atoms with Gasteiger partial charge in [-0.05, 0) is 123 Å². The van der Waals surface area contributed by atoms with Crippen molar-refractivity contribution in [2.45, 2.75) is 215 Å². The molecule has 2 saturated heterocycles. The van der Waals surface area contributed by atoms with Gasteiger partial charge in [0.1, 0.15) is 89.5 Å². The number of phenolic OH excluding ortho intramolecular Hbond substituents is 3. The van der Waals surface area contributed by atoms with Gasteiger partial charge < -0.3 is 138 Å². The molecule has 7 aliphatic rings. The third-order valence-electron chi connectivity index (χ3n) is 20.9. The van der Waals surface area contributed by atoms with Crippen LogP contribution in [0.3, 0.4) is 0 Å². The van der Waals surface area contributed by atoms with E-state index in [4.69, 9.17) is 57.4 Å². The van der Waals surface area contributed by atoms with Crippen LogP contribution in [0.15, 0.2) is 72.8 Å². The smallest absolute Gasteiger partial charge is 0.330 e. The van der Waals surface area contributed by atoms with E-state index in [1.54, 1.807) is 13.8 Å². The third kappa shape index (κ3) is 20.4. The van der Waals surface area contributed by atoms with Crippen LogP contribution in [0.25, 0.3) is 11.1 Å². The van der Waals surface area contributed by atoms with Crippen molar-refractivity contribution in [2.75, 3.05) is 33.4 Å². The number of carboxylic acids is 1. The van der Waals surface area contributed by atoms with Crippen molar-refractivity contribution in [3.05, 3.63) is 116 Å². The van der Waals surface area contributed by atoms with Crippen LogP contribution in [0.1, 0.15) is 163 Å². The highest BCUT2D eigenvalue weighted by Gasteiger charge is 2.52. The number of aliphatic hydroxyl groups is 7. The standard InChI is InChI=1S/C78H100Cl2N10O25/c1-7-8-9-10-11-12-13-20-84-78(5)31-55(110-35(4)69(78)101)114-68-66(100)65(99)53(33-92)113-77(68)115-67-51-27-39-28-52(67)112-50-19-16-38(26-44(50)80)63(97)61-75(107)88-59(76(108)109)41-29-48(94)42(32-83-21-22-91)64(98)56(41)40-24-36(14-17-47(40)93)57(72(104)90-61)87-73(105)58(39)86-71(103)46(30-54(81)95)85-74(106)60(89-70(102)45(82-6)23-34(2)3)62(96)37-15-18-49(111-51)43(79)25-37/h14-19,24-29,34-35,45-46,53,55,57-63,65-66,68-69,77,82-84,91-94,96-101H,7-13,20-23,30-33H2,1-6H3,(H2,81,95)(H,85,106)(H,86,103)(H,87,105)(H,88,107)(H,89,102)(H,90,104)(H,108,109)/t35-,45+,46-,53+,55-,57+,58+,59-,60+,61-,62+,63+,65+,66-,68+,69+,77-,78-/m0/s1. The third-order valence-corrected chi connectivity index (χ3v) is 21.5. The highest BCUT2D eigenvalue weighted by atomic mass is 35.5. The second-order valence-electron chi connectivity index (χ2n) is 29.8. The summed E-state index contributed by atoms with van der Waals surface area (Å²) in [4.78, 5) is 119. The predicted octanol–water partition coefficient (Wildman–Crippen LogP) is 2.57. The molecule has 18 atom stereocenters. The SMILES string of the molecule is CCCCCCCCCN[C@@]1(C)C[C@H](O[C@H]2[C@H](Oc3c4cc5cc3Oc3ccc(cc3Cl)[C@@H](O)[C@@H](NC(=O)[C@@H](CC(C)C)NC)C(=O)N[C@@H](CC(N)=O)C(=O)N[C@H]5C(=O)N[C@H]3C(=O)N[C@H](C(=O)N[C@H](C(=O)O)c5cc(O)c(CNCCO)c(O)c5-c5cc3ccc5O)[C@H](O)c3ccc(c(Cl)c3)O4)O[C@H](CO)[C@@H](O)[C@@H]2O)O[C@@H](C)[C@H]1O. The Balaban J connectivity index is 1.21. The number of halogens is 2. The second kappa shape index (κ2) is 38.7. The molecule has 0 spiro atoms. The van der Waals surface area contributed by atoms with Gasteiger partial charge in [-0.1, -0.05) is 101 Å². The molecule has 0 aromatic heterocycles. The lowest BCUT2D eigenvalue weighted by atomic mass is 9.84. The summed E-state index contributed by atoms with van der Waals surface area (Å²) in [6, 6.07) is -1.50. The van der Waals surface area contributed by atoms with Gasteiger partial charge in [0.25, 0.3) is 0 Å². The molecule has 7 aliphatic heterocycles. The molecule has 22 N–H and O–H groups in total. The molecule has 5 aromatic rings. The summed E-state index contributed by atoms with van der Waals surface area (Å²) < 4.78 is 39.4. The highest BCUT2D eigenvalue weighted by molar-refractivity contribution is 6.32.